The molecule has 1 radical (unpaired) electrons. The zero-order valence-electron chi connectivity index (χ0n) is 2.69. The Labute approximate surface area is 107 Å². The molecule has 0 rings (SSSR count). The van der Waals surface area contributed by atoms with Crippen LogP contribution in [0.2, 0.25) is 0 Å². The fourth-order valence-corrected chi connectivity index (χ4v) is 0. The molecule has 0 aliphatic carbocycles. The first-order valence-corrected chi connectivity index (χ1v) is 1.50. The van der Waals surface area contributed by atoms with Crippen molar-refractivity contribution < 1.29 is 109 Å². The van der Waals surface area contributed by atoms with Gasteiger partial charge in [0.2, 0.25) is 0 Å². The molecule has 0 saturated carbocycles. The van der Waals surface area contributed by atoms with Crippen molar-refractivity contribution in [3.63, 3.8) is 0 Å². The molecule has 0 unspecified atom stereocenters. The van der Waals surface area contributed by atoms with E-state index in [-0.39, 0.29) is 106 Å². The molecule has 0 spiro atoms. The van der Waals surface area contributed by atoms with Crippen LogP contribution in [0.15, 0.2) is 0 Å². The first-order valence-electron chi connectivity index (χ1n) is 0.289. The van der Waals surface area contributed by atoms with Crippen LogP contribution in [0.3, 0.4) is 0 Å². The van der Waals surface area contributed by atoms with Crippen molar-refractivity contribution in [2.45, 2.75) is 0 Å². The van der Waals surface area contributed by atoms with Crippen LogP contribution in [0.5, 0.6) is 0 Å². The fraction of sp³-hybridized carbons (Fsp3) is 0. The Bertz CT molecular complexity index is 11.6. The van der Waals surface area contributed by atoms with Gasteiger partial charge < -0.3 is 0 Å². The maximum atomic E-state index is 8.38. The quantitative estimate of drug-likeness (QED) is 0.433. The van der Waals surface area contributed by atoms with Gasteiger partial charge in [-0.25, -0.2) is 0 Å². The summed E-state index contributed by atoms with van der Waals surface area (Å²) < 4.78 is 8.38. The Kier molecular flexibility index (Phi) is 125. The van der Waals surface area contributed by atoms with Gasteiger partial charge in [0, 0.05) is 87.6 Å². The average Bonchev–Trinajstić information content (AvgIpc) is 1.00. The predicted molar refractivity (Wildman–Crippen MR) is 0.686 cm³/mol. The maximum Gasteiger partial charge on any atom is 0 e. The summed E-state index contributed by atoms with van der Waals surface area (Å²) >= 11 is 0.125. The summed E-state index contributed by atoms with van der Waals surface area (Å²) in [6.07, 6.45) is 0. The second-order valence-electron chi connectivity index (χ2n) is 0. The molecule has 0 heterocycles. The summed E-state index contributed by atoms with van der Waals surface area (Å²) in [6, 6.07) is 0. The van der Waals surface area contributed by atoms with Crippen LogP contribution in [0.25, 0.3) is 0 Å². The predicted octanol–water partition coefficient (Wildman–Crippen LogP) is -0.126. The maximum absolute atomic E-state index is 8.38. The molecule has 5 heavy (non-hydrogen) atoms. The molecule has 0 fully saturated rings. The van der Waals surface area contributed by atoms with Crippen LogP contribution in [0.1, 0.15) is 0 Å². The van der Waals surface area contributed by atoms with E-state index in [0.717, 1.165) is 0 Å². The second kappa shape index (κ2) is 26.3. The minimum Gasteiger partial charge on any atom is 0 e. The van der Waals surface area contributed by atoms with Crippen LogP contribution in [0, 0.1) is 35.6 Å². The Morgan fingerprint density at radius 2 is 1.20 bits per heavy atom. The molecule has 0 aromatic heterocycles. The van der Waals surface area contributed by atoms with Gasteiger partial charge in [0.25, 0.3) is 0 Å². The van der Waals surface area contributed by atoms with E-state index < -0.39 is 0 Å². The minimum absolute atomic E-state index is 0. The smallest absolute Gasteiger partial charge is 0 e. The Morgan fingerprint density at radius 1 is 1.20 bits per heavy atom. The number of hydrogen-bond donors (Lipinski definition) is 0. The average molecular weight is 490 g/mol. The molecule has 0 saturated heterocycles. The van der Waals surface area contributed by atoms with E-state index in [1.165, 1.54) is 0 Å². The summed E-state index contributed by atoms with van der Waals surface area (Å²) in [4.78, 5) is 0. The zero-order valence-corrected chi connectivity index (χ0v) is 15.3. The summed E-state index contributed by atoms with van der Waals surface area (Å²) in [7, 11) is 0. The van der Waals surface area contributed by atoms with Crippen molar-refractivity contribution in [1.82, 2.24) is 0 Å². The van der Waals surface area contributed by atoms with Crippen LogP contribution in [-0.2, 0) is 73.9 Å². The SMILES string of the molecule is [Hf].[La].[O]=[Zn].[Zr]. The molecule has 0 aromatic carbocycles. The molecule has 1 nitrogen and oxygen atoms in total. The number of hydrogen-bond acceptors (Lipinski definition) is 1. The summed E-state index contributed by atoms with van der Waals surface area (Å²) in [5.74, 6) is 0. The first kappa shape index (κ1) is 23.8. The van der Waals surface area contributed by atoms with Crippen molar-refractivity contribution >= 4 is 0 Å². The summed E-state index contributed by atoms with van der Waals surface area (Å²) in [6.45, 7) is 0. The van der Waals surface area contributed by atoms with E-state index >= 15 is 0 Å². The Balaban J connectivity index is -0.00000000167. The molecule has 0 bridgehead atoms. The molecule has 0 amide bonds. The molecule has 0 N–H and O–H groups in total. The molecule has 0 aliphatic rings. The minimum atomic E-state index is 0. The standard InChI is InChI=1S/Hf.La.O.Zn.Zr. The van der Waals surface area contributed by atoms with E-state index in [0.29, 0.717) is 0 Å². The van der Waals surface area contributed by atoms with Gasteiger partial charge >= 0.3 is 21.8 Å². The molecular weight excluding hydrogens is 490 g/mol. The van der Waals surface area contributed by atoms with Gasteiger partial charge in [-0.2, -0.15) is 0 Å². The third kappa shape index (κ3) is 18.7. The van der Waals surface area contributed by atoms with Gasteiger partial charge in [0.15, 0.2) is 0 Å². The van der Waals surface area contributed by atoms with Crippen LogP contribution >= 0.6 is 0 Å². The van der Waals surface area contributed by atoms with E-state index in [1.807, 2.05) is 0 Å². The van der Waals surface area contributed by atoms with Crippen LogP contribution in [0.4, 0.5) is 0 Å². The van der Waals surface area contributed by atoms with Gasteiger partial charge in [-0.05, 0) is 0 Å². The van der Waals surface area contributed by atoms with Crippen LogP contribution < -0.4 is 0 Å². The summed E-state index contributed by atoms with van der Waals surface area (Å²) in [5, 5.41) is 0. The van der Waals surface area contributed by atoms with E-state index in [2.05, 4.69) is 0 Å². The molecule has 0 aliphatic heterocycles. The van der Waals surface area contributed by atoms with Crippen LogP contribution in [-0.4, -0.2) is 0 Å². The molecule has 0 atom stereocenters. The van der Waals surface area contributed by atoms with Gasteiger partial charge in [0.1, 0.15) is 0 Å². The molecule has 19 valence electrons. The molecule has 0 aromatic rings. The molecule has 5 heteroatoms. The second-order valence-corrected chi connectivity index (χ2v) is 0. The van der Waals surface area contributed by atoms with Crippen molar-refractivity contribution in [2.75, 3.05) is 0 Å². The van der Waals surface area contributed by atoms with Gasteiger partial charge in [-0.1, -0.05) is 0 Å². The fourth-order valence-electron chi connectivity index (χ4n) is 0. The van der Waals surface area contributed by atoms with Gasteiger partial charge in [0.05, 0.1) is 0 Å². The molecular formula is HfLaOZnZr. The summed E-state index contributed by atoms with van der Waals surface area (Å²) in [5.41, 5.74) is 0. The zero-order chi connectivity index (χ0) is 2.00. The van der Waals surface area contributed by atoms with Crippen molar-refractivity contribution in [3.8, 4) is 0 Å². The van der Waals surface area contributed by atoms with Gasteiger partial charge in [-0.15, -0.1) is 0 Å². The van der Waals surface area contributed by atoms with E-state index in [1.54, 1.807) is 0 Å². The largest absolute Gasteiger partial charge is 0 e. The monoisotopic (exact) mass is 489 g/mol. The van der Waals surface area contributed by atoms with Crippen molar-refractivity contribution in [1.29, 1.82) is 0 Å². The normalized spacial score (nSPS) is 1.20. The first-order chi connectivity index (χ1) is 1.00. The van der Waals surface area contributed by atoms with E-state index in [9.17, 15) is 0 Å². The Morgan fingerprint density at radius 3 is 1.20 bits per heavy atom. The van der Waals surface area contributed by atoms with E-state index in [4.69, 9.17) is 3.57 Å². The topological polar surface area (TPSA) is 17.1 Å². The number of rotatable bonds is 0. The van der Waals surface area contributed by atoms with Crippen molar-refractivity contribution in [3.05, 3.63) is 0 Å². The van der Waals surface area contributed by atoms with Gasteiger partial charge in [-0.3, -0.25) is 0 Å². The Hall–Kier alpha value is 3.37. The third-order valence-electron chi connectivity index (χ3n) is 0. The van der Waals surface area contributed by atoms with Crippen molar-refractivity contribution in [2.24, 2.45) is 0 Å². The third-order valence-corrected chi connectivity index (χ3v) is 0.